The molecule has 0 spiro atoms. The highest BCUT2D eigenvalue weighted by atomic mass is 16.6. The second kappa shape index (κ2) is 13.2. The van der Waals surface area contributed by atoms with Gasteiger partial charge in [-0.3, -0.25) is 0 Å². The van der Waals surface area contributed by atoms with Crippen LogP contribution in [0.3, 0.4) is 0 Å². The number of carbonyl (C=O) groups is 1. The lowest BCUT2D eigenvalue weighted by Crippen LogP contribution is -2.33. The van der Waals surface area contributed by atoms with Gasteiger partial charge in [0.25, 0.3) is 6.01 Å². The smallest absolute Gasteiger partial charge is 0.407 e. The second-order valence-electron chi connectivity index (χ2n) is 9.25. The van der Waals surface area contributed by atoms with E-state index in [0.29, 0.717) is 19.1 Å². The third-order valence-corrected chi connectivity index (χ3v) is 5.07. The molecule has 0 aliphatic carbocycles. The van der Waals surface area contributed by atoms with E-state index in [1.54, 1.807) is 0 Å². The molecular weight excluding hydrogens is 390 g/mol. The normalized spacial score (nSPS) is 11.6. The molecule has 1 aromatic carbocycles. The van der Waals surface area contributed by atoms with Gasteiger partial charge in [0.2, 0.25) is 0 Å². The zero-order valence-corrected chi connectivity index (χ0v) is 19.9. The quantitative estimate of drug-likeness (QED) is 0.320. The van der Waals surface area contributed by atoms with Crippen LogP contribution in [0, 0.1) is 0 Å². The molecule has 174 valence electrons. The number of hydrogen-bond donors (Lipinski definition) is 2. The van der Waals surface area contributed by atoms with Crippen LogP contribution in [0.4, 0.5) is 10.8 Å². The Labute approximate surface area is 187 Å². The molecule has 0 bridgehead atoms. The Morgan fingerprint density at radius 3 is 2.42 bits per heavy atom. The maximum Gasteiger partial charge on any atom is 0.407 e. The SMILES string of the molecule is CCCCCCCCCCc1ccc2oc(NCCCNC(=O)OC(C)(C)C)nc2c1. The highest BCUT2D eigenvalue weighted by Gasteiger charge is 2.15. The molecule has 2 aromatic rings. The van der Waals surface area contributed by atoms with E-state index in [1.165, 1.54) is 56.9 Å². The van der Waals surface area contributed by atoms with Crippen molar-refractivity contribution in [1.82, 2.24) is 10.3 Å². The van der Waals surface area contributed by atoms with E-state index >= 15 is 0 Å². The lowest BCUT2D eigenvalue weighted by atomic mass is 10.0. The van der Waals surface area contributed by atoms with E-state index in [2.05, 4.69) is 34.7 Å². The lowest BCUT2D eigenvalue weighted by molar-refractivity contribution is 0.0528. The van der Waals surface area contributed by atoms with Crippen LogP contribution in [0.25, 0.3) is 11.1 Å². The van der Waals surface area contributed by atoms with Crippen LogP contribution in [-0.4, -0.2) is 29.8 Å². The van der Waals surface area contributed by atoms with Gasteiger partial charge in [0.1, 0.15) is 11.1 Å². The first kappa shape index (κ1) is 25.0. The van der Waals surface area contributed by atoms with Crippen LogP contribution < -0.4 is 10.6 Å². The fourth-order valence-electron chi connectivity index (χ4n) is 3.46. The summed E-state index contributed by atoms with van der Waals surface area (Å²) in [5.41, 5.74) is 2.54. The van der Waals surface area contributed by atoms with Crippen molar-refractivity contribution in [1.29, 1.82) is 0 Å². The number of carbonyl (C=O) groups excluding carboxylic acids is 1. The number of nitrogens with zero attached hydrogens (tertiary/aromatic N) is 1. The Morgan fingerprint density at radius 1 is 1.00 bits per heavy atom. The summed E-state index contributed by atoms with van der Waals surface area (Å²) in [6.07, 6.45) is 12.1. The number of fused-ring (bicyclic) bond motifs is 1. The van der Waals surface area contributed by atoms with Gasteiger partial charge in [0.05, 0.1) is 0 Å². The first-order valence-corrected chi connectivity index (χ1v) is 12.0. The van der Waals surface area contributed by atoms with Crippen molar-refractivity contribution < 1.29 is 13.9 Å². The summed E-state index contributed by atoms with van der Waals surface area (Å²) in [7, 11) is 0. The standard InChI is InChI=1S/C25H41N3O3/c1-5-6-7-8-9-10-11-12-14-20-15-16-22-21(19-20)28-23(30-22)26-17-13-18-27-24(29)31-25(2,3)4/h15-16,19H,5-14,17-18H2,1-4H3,(H,26,28)(H,27,29). The second-order valence-corrected chi connectivity index (χ2v) is 9.25. The summed E-state index contributed by atoms with van der Waals surface area (Å²) in [5.74, 6) is 0. The van der Waals surface area contributed by atoms with Gasteiger partial charge in [-0.2, -0.15) is 4.98 Å². The Balaban J connectivity index is 1.64. The number of oxazole rings is 1. The number of benzene rings is 1. The van der Waals surface area contributed by atoms with Gasteiger partial charge in [-0.05, 0) is 57.7 Å². The van der Waals surface area contributed by atoms with E-state index in [0.717, 1.165) is 23.9 Å². The van der Waals surface area contributed by atoms with Crippen molar-refractivity contribution in [2.45, 2.75) is 97.5 Å². The molecule has 31 heavy (non-hydrogen) atoms. The molecule has 0 saturated carbocycles. The maximum atomic E-state index is 11.6. The minimum atomic E-state index is -0.479. The molecule has 6 nitrogen and oxygen atoms in total. The Hall–Kier alpha value is -2.24. The predicted octanol–water partition coefficient (Wildman–Crippen LogP) is 6.84. The molecule has 1 amide bonds. The number of anilines is 1. The number of alkyl carbamates (subject to hydrolysis) is 1. The monoisotopic (exact) mass is 431 g/mol. The summed E-state index contributed by atoms with van der Waals surface area (Å²) >= 11 is 0. The summed E-state index contributed by atoms with van der Waals surface area (Å²) in [4.78, 5) is 16.2. The van der Waals surface area contributed by atoms with Gasteiger partial charge in [0, 0.05) is 13.1 Å². The molecule has 1 aromatic heterocycles. The molecule has 0 fully saturated rings. The number of ether oxygens (including phenoxy) is 1. The number of amides is 1. The highest BCUT2D eigenvalue weighted by molar-refractivity contribution is 5.75. The minimum absolute atomic E-state index is 0.390. The van der Waals surface area contributed by atoms with Gasteiger partial charge < -0.3 is 19.8 Å². The molecule has 0 atom stereocenters. The third-order valence-electron chi connectivity index (χ3n) is 5.07. The zero-order valence-electron chi connectivity index (χ0n) is 19.9. The summed E-state index contributed by atoms with van der Waals surface area (Å²) in [6, 6.07) is 6.81. The molecule has 2 N–H and O–H groups in total. The maximum absolute atomic E-state index is 11.6. The molecule has 2 rings (SSSR count). The van der Waals surface area contributed by atoms with Gasteiger partial charge in [-0.1, -0.05) is 57.9 Å². The van der Waals surface area contributed by atoms with Crippen molar-refractivity contribution in [3.8, 4) is 0 Å². The number of unbranched alkanes of at least 4 members (excludes halogenated alkanes) is 7. The van der Waals surface area contributed by atoms with Crippen LogP contribution in [0.5, 0.6) is 0 Å². The van der Waals surface area contributed by atoms with Gasteiger partial charge in [-0.15, -0.1) is 0 Å². The topological polar surface area (TPSA) is 76.4 Å². The third kappa shape index (κ3) is 10.6. The number of aryl methyl sites for hydroxylation is 1. The van der Waals surface area contributed by atoms with Crippen LogP contribution in [0.15, 0.2) is 22.6 Å². The Morgan fingerprint density at radius 2 is 1.71 bits per heavy atom. The first-order valence-electron chi connectivity index (χ1n) is 12.0. The molecule has 6 heteroatoms. The Bertz CT molecular complexity index is 780. The molecule has 0 saturated heterocycles. The summed E-state index contributed by atoms with van der Waals surface area (Å²) < 4.78 is 11.0. The van der Waals surface area contributed by atoms with Crippen molar-refractivity contribution in [3.05, 3.63) is 23.8 Å². The van der Waals surface area contributed by atoms with E-state index in [9.17, 15) is 4.79 Å². The largest absolute Gasteiger partial charge is 0.444 e. The average molecular weight is 432 g/mol. The lowest BCUT2D eigenvalue weighted by Gasteiger charge is -2.19. The molecule has 0 aliphatic rings. The number of hydrogen-bond acceptors (Lipinski definition) is 5. The fourth-order valence-corrected chi connectivity index (χ4v) is 3.46. The van der Waals surface area contributed by atoms with Crippen molar-refractivity contribution in [2.24, 2.45) is 0 Å². The number of nitrogens with one attached hydrogen (secondary N) is 2. The van der Waals surface area contributed by atoms with E-state index in [4.69, 9.17) is 9.15 Å². The van der Waals surface area contributed by atoms with Crippen LogP contribution in [0.2, 0.25) is 0 Å². The van der Waals surface area contributed by atoms with Crippen LogP contribution in [0.1, 0.15) is 91.0 Å². The number of aromatic nitrogens is 1. The summed E-state index contributed by atoms with van der Waals surface area (Å²) in [6.45, 7) is 9.00. The highest BCUT2D eigenvalue weighted by Crippen LogP contribution is 2.21. The van der Waals surface area contributed by atoms with Gasteiger partial charge in [-0.25, -0.2) is 4.79 Å². The first-order chi connectivity index (χ1) is 14.9. The van der Waals surface area contributed by atoms with Crippen LogP contribution in [-0.2, 0) is 11.2 Å². The molecule has 0 aliphatic heterocycles. The van der Waals surface area contributed by atoms with E-state index < -0.39 is 11.7 Å². The van der Waals surface area contributed by atoms with E-state index in [1.807, 2.05) is 26.8 Å². The Kier molecular flexibility index (Phi) is 10.7. The molecule has 1 heterocycles. The zero-order chi connectivity index (χ0) is 22.5. The predicted molar refractivity (Wildman–Crippen MR) is 128 cm³/mol. The van der Waals surface area contributed by atoms with Crippen molar-refractivity contribution >= 4 is 23.2 Å². The van der Waals surface area contributed by atoms with Gasteiger partial charge in [0.15, 0.2) is 5.58 Å². The summed E-state index contributed by atoms with van der Waals surface area (Å²) in [5, 5.41) is 5.93. The van der Waals surface area contributed by atoms with Gasteiger partial charge >= 0.3 is 6.09 Å². The van der Waals surface area contributed by atoms with E-state index in [-0.39, 0.29) is 0 Å². The average Bonchev–Trinajstić information content (AvgIpc) is 3.10. The van der Waals surface area contributed by atoms with Crippen molar-refractivity contribution in [3.63, 3.8) is 0 Å². The van der Waals surface area contributed by atoms with Crippen molar-refractivity contribution in [2.75, 3.05) is 18.4 Å². The minimum Gasteiger partial charge on any atom is -0.444 e. The van der Waals surface area contributed by atoms with Crippen LogP contribution >= 0.6 is 0 Å². The molecule has 0 unspecified atom stereocenters. The fraction of sp³-hybridized carbons (Fsp3) is 0.680. The molecule has 0 radical (unpaired) electrons. The molecular formula is C25H41N3O3. The number of rotatable bonds is 14.